The Morgan fingerprint density at radius 3 is 2.43 bits per heavy atom. The maximum Gasteiger partial charge on any atom is 0.358 e. The first-order valence-corrected chi connectivity index (χ1v) is 20.5. The number of benzene rings is 4. The molecule has 4 aromatic carbocycles. The van der Waals surface area contributed by atoms with E-state index in [0.29, 0.717) is 66.1 Å². The Morgan fingerprint density at radius 2 is 1.67 bits per heavy atom. The maximum absolute atomic E-state index is 13.9. The molecule has 0 aliphatic carbocycles. The number of ether oxygens (including phenoxy) is 3. The molecule has 6 aromatic rings. The topological polar surface area (TPSA) is 120 Å². The molecule has 1 amide bonds. The number of hydrogen-bond acceptors (Lipinski definition) is 10. The van der Waals surface area contributed by atoms with Gasteiger partial charge in [0.2, 0.25) is 0 Å². The summed E-state index contributed by atoms with van der Waals surface area (Å²) >= 11 is 1.44. The number of carbonyl (C=O) groups is 3. The highest BCUT2D eigenvalue weighted by Crippen LogP contribution is 2.37. The summed E-state index contributed by atoms with van der Waals surface area (Å²) in [5, 5.41) is 3.56. The number of aromatic nitrogens is 2. The lowest BCUT2D eigenvalue weighted by molar-refractivity contribution is -0.144. The second-order valence-electron chi connectivity index (χ2n) is 15.6. The summed E-state index contributed by atoms with van der Waals surface area (Å²) in [6.45, 7) is 12.8. The molecule has 11 heteroatoms. The first-order valence-electron chi connectivity index (χ1n) is 19.6. The zero-order valence-electron chi connectivity index (χ0n) is 33.8. The molecule has 2 aromatic heterocycles. The number of fused-ring (bicyclic) bond motifs is 2. The highest BCUT2D eigenvalue weighted by atomic mass is 32.1. The summed E-state index contributed by atoms with van der Waals surface area (Å²) < 4.78 is 18.4. The van der Waals surface area contributed by atoms with E-state index >= 15 is 0 Å². The smallest absolute Gasteiger partial charge is 0.358 e. The average Bonchev–Trinajstić information content (AvgIpc) is 3.60. The lowest BCUT2D eigenvalue weighted by Crippen LogP contribution is -2.33. The molecule has 1 aliphatic rings. The van der Waals surface area contributed by atoms with Crippen LogP contribution in [0.25, 0.3) is 21.3 Å². The molecular weight excluding hydrogens is 749 g/mol. The summed E-state index contributed by atoms with van der Waals surface area (Å²) in [5.74, 6) is 1.14. The second kappa shape index (κ2) is 17.2. The summed E-state index contributed by atoms with van der Waals surface area (Å²) in [6.07, 6.45) is 1.82. The van der Waals surface area contributed by atoms with E-state index < -0.39 is 11.6 Å². The third-order valence-electron chi connectivity index (χ3n) is 9.96. The van der Waals surface area contributed by atoms with Gasteiger partial charge < -0.3 is 19.1 Å². The van der Waals surface area contributed by atoms with Gasteiger partial charge in [0.25, 0.3) is 5.91 Å². The standard InChI is InChI=1S/C47H48N4O6S/c1-7-55-42(52)27-29(2)26-31-18-20-33(21-19-31)56-39-16-11-13-34(30(39)3)35-22-23-41(49-43(35)45(54)57-47(4,5)6)51-25-24-32-12-10-14-36(37(32)28-51)44(53)50-46-48-38-15-8-9-17-40(38)58-46/h8-23,29H,7,24-28H2,1-6H3,(H,48,50,53). The molecule has 0 fully saturated rings. The second-order valence-corrected chi connectivity index (χ2v) is 16.6. The minimum atomic E-state index is -0.746. The van der Waals surface area contributed by atoms with E-state index in [4.69, 9.17) is 19.2 Å². The third-order valence-corrected chi connectivity index (χ3v) is 10.9. The van der Waals surface area contributed by atoms with Crippen LogP contribution in [0.2, 0.25) is 0 Å². The fourth-order valence-corrected chi connectivity index (χ4v) is 8.08. The lowest BCUT2D eigenvalue weighted by Gasteiger charge is -2.31. The molecule has 3 heterocycles. The van der Waals surface area contributed by atoms with E-state index in [-0.39, 0.29) is 23.5 Å². The molecule has 0 spiro atoms. The first-order chi connectivity index (χ1) is 27.8. The lowest BCUT2D eigenvalue weighted by atomic mass is 9.94. The Labute approximate surface area is 343 Å². The number of thiazole rings is 1. The van der Waals surface area contributed by atoms with E-state index in [2.05, 4.69) is 21.3 Å². The fraction of sp³-hybridized carbons (Fsp3) is 0.298. The average molecular weight is 797 g/mol. The summed E-state index contributed by atoms with van der Waals surface area (Å²) in [6, 6.07) is 31.1. The van der Waals surface area contributed by atoms with Crippen LogP contribution in [0.5, 0.6) is 11.5 Å². The van der Waals surface area contributed by atoms with E-state index in [1.807, 2.05) is 133 Å². The minimum Gasteiger partial charge on any atom is -0.466 e. The quantitative estimate of drug-likeness (QED) is 0.121. The van der Waals surface area contributed by atoms with Crippen molar-refractivity contribution in [2.75, 3.05) is 23.4 Å². The van der Waals surface area contributed by atoms with Gasteiger partial charge in [-0.15, -0.1) is 0 Å². The summed E-state index contributed by atoms with van der Waals surface area (Å²) in [4.78, 5) is 51.2. The van der Waals surface area contributed by atoms with Crippen LogP contribution in [-0.4, -0.2) is 46.6 Å². The van der Waals surface area contributed by atoms with Gasteiger partial charge in [0.1, 0.15) is 22.9 Å². The molecular formula is C47H48N4O6S. The number of carbonyl (C=O) groups excluding carboxylic acids is 3. The maximum atomic E-state index is 13.9. The highest BCUT2D eigenvalue weighted by Gasteiger charge is 2.28. The number of esters is 2. The molecule has 7 rings (SSSR count). The summed E-state index contributed by atoms with van der Waals surface area (Å²) in [5.41, 5.74) is 6.24. The van der Waals surface area contributed by atoms with E-state index in [1.165, 1.54) is 11.3 Å². The largest absolute Gasteiger partial charge is 0.466 e. The number of amides is 1. The summed E-state index contributed by atoms with van der Waals surface area (Å²) in [7, 11) is 0. The predicted octanol–water partition coefficient (Wildman–Crippen LogP) is 10.4. The van der Waals surface area contributed by atoms with Crippen LogP contribution < -0.4 is 15.0 Å². The molecule has 58 heavy (non-hydrogen) atoms. The Hall–Kier alpha value is -6.07. The van der Waals surface area contributed by atoms with Gasteiger partial charge in [-0.25, -0.2) is 14.8 Å². The number of nitrogens with zero attached hydrogens (tertiary/aromatic N) is 3. The number of anilines is 2. The van der Waals surface area contributed by atoms with Crippen LogP contribution in [0, 0.1) is 12.8 Å². The molecule has 1 N–H and O–H groups in total. The molecule has 0 radical (unpaired) electrons. The zero-order chi connectivity index (χ0) is 41.0. The number of rotatable bonds is 12. The van der Waals surface area contributed by atoms with Crippen molar-refractivity contribution in [3.8, 4) is 22.6 Å². The van der Waals surface area contributed by atoms with E-state index in [9.17, 15) is 14.4 Å². The van der Waals surface area contributed by atoms with Gasteiger partial charge in [-0.05, 0) is 130 Å². The van der Waals surface area contributed by atoms with Crippen molar-refractivity contribution in [1.82, 2.24) is 9.97 Å². The van der Waals surface area contributed by atoms with Gasteiger partial charge in [0.15, 0.2) is 10.8 Å². The van der Waals surface area contributed by atoms with E-state index in [0.717, 1.165) is 44.5 Å². The Kier molecular flexibility index (Phi) is 11.9. The molecule has 0 saturated heterocycles. The number of hydrogen-bond donors (Lipinski definition) is 1. The fourth-order valence-electron chi connectivity index (χ4n) is 7.22. The van der Waals surface area contributed by atoms with Crippen LogP contribution in [0.3, 0.4) is 0 Å². The molecule has 10 nitrogen and oxygen atoms in total. The van der Waals surface area contributed by atoms with Crippen molar-refractivity contribution in [2.24, 2.45) is 5.92 Å². The molecule has 1 atom stereocenters. The third kappa shape index (κ3) is 9.37. The van der Waals surface area contributed by atoms with Gasteiger partial charge in [-0.3, -0.25) is 14.9 Å². The Bertz CT molecular complexity index is 2440. The molecule has 0 saturated carbocycles. The van der Waals surface area contributed by atoms with Crippen molar-refractivity contribution in [3.05, 3.63) is 131 Å². The minimum absolute atomic E-state index is 0.148. The first kappa shape index (κ1) is 40.1. The monoisotopic (exact) mass is 796 g/mol. The number of para-hydroxylation sites is 1. The van der Waals surface area contributed by atoms with Crippen molar-refractivity contribution in [1.29, 1.82) is 0 Å². The van der Waals surface area contributed by atoms with Gasteiger partial charge in [-0.1, -0.05) is 66.8 Å². The molecule has 0 bridgehead atoms. The number of pyridine rings is 1. The normalized spacial score (nSPS) is 13.1. The zero-order valence-corrected chi connectivity index (χ0v) is 34.6. The molecule has 298 valence electrons. The molecule has 1 unspecified atom stereocenters. The highest BCUT2D eigenvalue weighted by molar-refractivity contribution is 7.22. The van der Waals surface area contributed by atoms with Gasteiger partial charge in [-0.2, -0.15) is 0 Å². The van der Waals surface area contributed by atoms with Crippen molar-refractivity contribution >= 4 is 50.3 Å². The van der Waals surface area contributed by atoms with Crippen LogP contribution in [0.4, 0.5) is 10.9 Å². The van der Waals surface area contributed by atoms with Crippen molar-refractivity contribution in [3.63, 3.8) is 0 Å². The van der Waals surface area contributed by atoms with Gasteiger partial charge in [0, 0.05) is 30.6 Å². The van der Waals surface area contributed by atoms with E-state index in [1.54, 1.807) is 0 Å². The Morgan fingerprint density at radius 1 is 0.897 bits per heavy atom. The Balaban J connectivity index is 1.13. The van der Waals surface area contributed by atoms with Crippen molar-refractivity contribution < 1.29 is 28.6 Å². The predicted molar refractivity (Wildman–Crippen MR) is 229 cm³/mol. The van der Waals surface area contributed by atoms with Crippen LogP contribution >= 0.6 is 11.3 Å². The van der Waals surface area contributed by atoms with Crippen molar-refractivity contribution in [2.45, 2.75) is 73.0 Å². The van der Waals surface area contributed by atoms with Crippen LogP contribution in [0.15, 0.2) is 97.1 Å². The van der Waals surface area contributed by atoms with Crippen LogP contribution in [-0.2, 0) is 33.7 Å². The van der Waals surface area contributed by atoms with Gasteiger partial charge in [0.05, 0.1) is 16.8 Å². The van der Waals surface area contributed by atoms with Gasteiger partial charge >= 0.3 is 11.9 Å². The number of nitrogens with one attached hydrogen (secondary N) is 1. The SMILES string of the molecule is CCOC(=O)CC(C)Cc1ccc(Oc2cccc(-c3ccc(N4CCc5cccc(C(=O)Nc6nc7ccccc7s6)c5C4)nc3C(=O)OC(C)(C)C)c2C)cc1. The van der Waals surface area contributed by atoms with Crippen LogP contribution in [0.1, 0.15) is 84.1 Å². The molecule has 1 aliphatic heterocycles.